The maximum Gasteiger partial charge on any atom is 0.308 e. The fourth-order valence-electron chi connectivity index (χ4n) is 2.41. The van der Waals surface area contributed by atoms with Crippen molar-refractivity contribution in [1.82, 2.24) is 4.90 Å². The number of benzene rings is 1. The Kier molecular flexibility index (Phi) is 5.53. The summed E-state index contributed by atoms with van der Waals surface area (Å²) in [6.07, 6.45) is 1.39. The lowest BCUT2D eigenvalue weighted by molar-refractivity contribution is -0.146. The molecule has 1 aliphatic heterocycles. The van der Waals surface area contributed by atoms with Crippen LogP contribution >= 0.6 is 23.4 Å². The minimum atomic E-state index is -0.815. The Hall–Kier alpha value is -1.20. The van der Waals surface area contributed by atoms with Gasteiger partial charge < -0.3 is 10.0 Å². The Morgan fingerprint density at radius 2 is 2.00 bits per heavy atom. The highest BCUT2D eigenvalue weighted by Crippen LogP contribution is 2.25. The number of carboxylic acids is 1. The number of amides is 1. The summed E-state index contributed by atoms with van der Waals surface area (Å²) in [7, 11) is 0. The van der Waals surface area contributed by atoms with Crippen LogP contribution in [0.4, 0.5) is 0 Å². The molecule has 1 saturated heterocycles. The molecular weight excluding hydrogens is 310 g/mol. The lowest BCUT2D eigenvalue weighted by Gasteiger charge is -2.36. The fourth-order valence-corrected chi connectivity index (χ4v) is 3.33. The van der Waals surface area contributed by atoms with Crippen molar-refractivity contribution in [2.45, 2.75) is 30.7 Å². The molecule has 1 aromatic rings. The molecule has 0 spiro atoms. The monoisotopic (exact) mass is 327 g/mol. The van der Waals surface area contributed by atoms with Gasteiger partial charge in [-0.3, -0.25) is 9.59 Å². The Morgan fingerprint density at radius 3 is 2.62 bits per heavy atom. The van der Waals surface area contributed by atoms with E-state index < -0.39 is 11.9 Å². The third kappa shape index (κ3) is 4.38. The quantitative estimate of drug-likeness (QED) is 0.863. The van der Waals surface area contributed by atoms with Crippen molar-refractivity contribution < 1.29 is 14.7 Å². The first-order valence-electron chi connectivity index (χ1n) is 6.88. The summed E-state index contributed by atoms with van der Waals surface area (Å²) in [5, 5.41) is 9.77. The average Bonchev–Trinajstić information content (AvgIpc) is 2.46. The van der Waals surface area contributed by atoms with Crippen LogP contribution in [0.2, 0.25) is 5.02 Å². The average molecular weight is 328 g/mol. The normalized spacial score (nSPS) is 22.1. The molecule has 1 amide bonds. The van der Waals surface area contributed by atoms with Crippen molar-refractivity contribution in [2.24, 2.45) is 5.92 Å². The highest BCUT2D eigenvalue weighted by Gasteiger charge is 2.32. The number of hydrogen-bond donors (Lipinski definition) is 1. The number of hydrogen-bond acceptors (Lipinski definition) is 3. The number of likely N-dealkylation sites (tertiary alicyclic amines) is 1. The molecule has 0 bridgehead atoms. The fraction of sp³-hybridized carbons (Fsp3) is 0.467. The zero-order chi connectivity index (χ0) is 15.4. The van der Waals surface area contributed by atoms with Gasteiger partial charge in [-0.2, -0.15) is 0 Å². The summed E-state index contributed by atoms with van der Waals surface area (Å²) >= 11 is 7.27. The third-order valence-electron chi connectivity index (χ3n) is 3.73. The van der Waals surface area contributed by atoms with E-state index in [0.29, 0.717) is 23.7 Å². The van der Waals surface area contributed by atoms with E-state index in [1.807, 2.05) is 19.1 Å². The van der Waals surface area contributed by atoms with Crippen LogP contribution in [0.5, 0.6) is 0 Å². The SMILES string of the molecule is CC1CCC(C(=O)O)CN1C(=O)CSc1ccc(Cl)cc1. The van der Waals surface area contributed by atoms with Gasteiger partial charge in [-0.25, -0.2) is 0 Å². The van der Waals surface area contributed by atoms with Gasteiger partial charge in [0.15, 0.2) is 0 Å². The number of carboxylic acid groups (broad SMARTS) is 1. The molecule has 2 unspecified atom stereocenters. The number of thioether (sulfide) groups is 1. The van der Waals surface area contributed by atoms with Gasteiger partial charge in [-0.05, 0) is 44.0 Å². The van der Waals surface area contributed by atoms with Crippen molar-refractivity contribution in [3.63, 3.8) is 0 Å². The minimum absolute atomic E-state index is 0.00611. The Morgan fingerprint density at radius 1 is 1.33 bits per heavy atom. The molecule has 1 N–H and O–H groups in total. The number of nitrogens with zero attached hydrogens (tertiary/aromatic N) is 1. The summed E-state index contributed by atoms with van der Waals surface area (Å²) in [6.45, 7) is 2.29. The number of halogens is 1. The molecule has 0 saturated carbocycles. The lowest BCUT2D eigenvalue weighted by Crippen LogP contribution is -2.48. The predicted octanol–water partition coefficient (Wildman–Crippen LogP) is 3.14. The molecule has 0 aliphatic carbocycles. The molecule has 4 nitrogen and oxygen atoms in total. The van der Waals surface area contributed by atoms with Crippen LogP contribution in [0.1, 0.15) is 19.8 Å². The second kappa shape index (κ2) is 7.18. The second-order valence-corrected chi connectivity index (χ2v) is 6.74. The Bertz CT molecular complexity index is 520. The van der Waals surface area contributed by atoms with E-state index in [1.165, 1.54) is 11.8 Å². The second-order valence-electron chi connectivity index (χ2n) is 5.25. The first-order chi connectivity index (χ1) is 9.97. The van der Waals surface area contributed by atoms with Crippen molar-refractivity contribution in [1.29, 1.82) is 0 Å². The van der Waals surface area contributed by atoms with Crippen LogP contribution in [0.3, 0.4) is 0 Å². The van der Waals surface area contributed by atoms with Gasteiger partial charge in [0.25, 0.3) is 0 Å². The van der Waals surface area contributed by atoms with Crippen molar-refractivity contribution in [2.75, 3.05) is 12.3 Å². The molecule has 6 heteroatoms. The molecule has 1 aliphatic rings. The van der Waals surface area contributed by atoms with E-state index in [9.17, 15) is 9.59 Å². The highest BCUT2D eigenvalue weighted by molar-refractivity contribution is 8.00. The molecule has 2 rings (SSSR count). The predicted molar refractivity (Wildman–Crippen MR) is 83.7 cm³/mol. The third-order valence-corrected chi connectivity index (χ3v) is 4.98. The van der Waals surface area contributed by atoms with E-state index in [-0.39, 0.29) is 11.9 Å². The topological polar surface area (TPSA) is 57.6 Å². The molecular formula is C15H18ClNO3S. The van der Waals surface area contributed by atoms with E-state index in [0.717, 1.165) is 11.3 Å². The molecule has 21 heavy (non-hydrogen) atoms. The van der Waals surface area contributed by atoms with E-state index >= 15 is 0 Å². The van der Waals surface area contributed by atoms with Crippen molar-refractivity contribution >= 4 is 35.2 Å². The smallest absolute Gasteiger partial charge is 0.308 e. The van der Waals surface area contributed by atoms with Gasteiger partial charge >= 0.3 is 5.97 Å². The molecule has 0 radical (unpaired) electrons. The Balaban J connectivity index is 1.92. The van der Waals surface area contributed by atoms with Crippen LogP contribution in [0.25, 0.3) is 0 Å². The standard InChI is InChI=1S/C15H18ClNO3S/c1-10-2-3-11(15(19)20)8-17(10)14(18)9-21-13-6-4-12(16)5-7-13/h4-7,10-11H,2-3,8-9H2,1H3,(H,19,20). The van der Waals surface area contributed by atoms with Gasteiger partial charge in [0.1, 0.15) is 0 Å². The van der Waals surface area contributed by atoms with Crippen LogP contribution in [-0.2, 0) is 9.59 Å². The first-order valence-corrected chi connectivity index (χ1v) is 8.24. The molecule has 1 fully saturated rings. The van der Waals surface area contributed by atoms with Crippen LogP contribution in [-0.4, -0.2) is 40.2 Å². The summed E-state index contributed by atoms with van der Waals surface area (Å²) in [6, 6.07) is 7.44. The largest absolute Gasteiger partial charge is 0.481 e. The van der Waals surface area contributed by atoms with Gasteiger partial charge in [0, 0.05) is 22.5 Å². The number of carbonyl (C=O) groups excluding carboxylic acids is 1. The zero-order valence-electron chi connectivity index (χ0n) is 11.8. The van der Waals surface area contributed by atoms with Gasteiger partial charge in [-0.1, -0.05) is 11.6 Å². The highest BCUT2D eigenvalue weighted by atomic mass is 35.5. The first kappa shape index (κ1) is 16.2. The minimum Gasteiger partial charge on any atom is -0.481 e. The lowest BCUT2D eigenvalue weighted by atomic mass is 9.93. The van der Waals surface area contributed by atoms with Crippen LogP contribution in [0.15, 0.2) is 29.2 Å². The van der Waals surface area contributed by atoms with E-state index in [4.69, 9.17) is 16.7 Å². The van der Waals surface area contributed by atoms with Crippen molar-refractivity contribution in [3.05, 3.63) is 29.3 Å². The van der Waals surface area contributed by atoms with Crippen LogP contribution in [0, 0.1) is 5.92 Å². The van der Waals surface area contributed by atoms with Gasteiger partial charge in [-0.15, -0.1) is 11.8 Å². The maximum atomic E-state index is 12.3. The van der Waals surface area contributed by atoms with Gasteiger partial charge in [0.2, 0.25) is 5.91 Å². The maximum absolute atomic E-state index is 12.3. The molecule has 1 aromatic carbocycles. The summed E-state index contributed by atoms with van der Waals surface area (Å²) in [4.78, 5) is 26.1. The van der Waals surface area contributed by atoms with Gasteiger partial charge in [0.05, 0.1) is 11.7 Å². The van der Waals surface area contributed by atoms with E-state index in [2.05, 4.69) is 0 Å². The molecule has 2 atom stereocenters. The number of rotatable bonds is 4. The number of aliphatic carboxylic acids is 1. The summed E-state index contributed by atoms with van der Waals surface area (Å²) < 4.78 is 0. The zero-order valence-corrected chi connectivity index (χ0v) is 13.4. The van der Waals surface area contributed by atoms with Crippen LogP contribution < -0.4 is 0 Å². The van der Waals surface area contributed by atoms with Crippen molar-refractivity contribution in [3.8, 4) is 0 Å². The molecule has 114 valence electrons. The molecule has 1 heterocycles. The number of carbonyl (C=O) groups is 2. The summed E-state index contributed by atoms with van der Waals surface area (Å²) in [5.74, 6) is -0.942. The number of piperidine rings is 1. The molecule has 0 aromatic heterocycles. The Labute approximate surface area is 133 Å². The van der Waals surface area contributed by atoms with E-state index in [1.54, 1.807) is 17.0 Å². The summed E-state index contributed by atoms with van der Waals surface area (Å²) in [5.41, 5.74) is 0.